The third kappa shape index (κ3) is 21.5. The van der Waals surface area contributed by atoms with Crippen molar-refractivity contribution in [3.8, 4) is 0 Å². The molecule has 0 bridgehead atoms. The van der Waals surface area contributed by atoms with Gasteiger partial charge in [-0.2, -0.15) is 0 Å². The molecule has 0 aliphatic rings. The maximum absolute atomic E-state index is 5.47. The van der Waals surface area contributed by atoms with Crippen LogP contribution in [0.2, 0.25) is 0 Å². The lowest BCUT2D eigenvalue weighted by Gasteiger charge is -2.02. The van der Waals surface area contributed by atoms with Crippen LogP contribution in [0.1, 0.15) is 109 Å². The molecule has 0 amide bonds. The van der Waals surface area contributed by atoms with Gasteiger partial charge < -0.3 is 5.73 Å². The fourth-order valence-corrected chi connectivity index (χ4v) is 3.05. The fraction of sp³-hybridized carbons (Fsp3) is 0.750. The summed E-state index contributed by atoms with van der Waals surface area (Å²) in [5.41, 5.74) is 6.88. The smallest absolute Gasteiger partial charge is 0.00773 e. The standard InChI is InChI=1S/C16H35N.C8H10.ClH/c1-2-3-4-5-6-7-8-9-10-11-12-13-14-15-16-17;1-2-8-6-4-3-5-7-8;/h2-17H2,1H3;3-7H,2H2,1H3;1H. The van der Waals surface area contributed by atoms with E-state index in [1.54, 1.807) is 0 Å². The predicted molar refractivity (Wildman–Crippen MR) is 122 cm³/mol. The lowest BCUT2D eigenvalue weighted by molar-refractivity contribution is 0.536. The number of rotatable bonds is 15. The first-order valence-corrected chi connectivity index (χ1v) is 11.1. The summed E-state index contributed by atoms with van der Waals surface area (Å²) in [6, 6.07) is 10.5. The van der Waals surface area contributed by atoms with Crippen molar-refractivity contribution in [3.63, 3.8) is 0 Å². The van der Waals surface area contributed by atoms with Gasteiger partial charge in [0.2, 0.25) is 0 Å². The second-order valence-corrected chi connectivity index (χ2v) is 7.22. The van der Waals surface area contributed by atoms with Gasteiger partial charge in [0.25, 0.3) is 0 Å². The zero-order valence-corrected chi connectivity index (χ0v) is 18.5. The molecular formula is C24H46ClN. The Morgan fingerprint density at radius 1 is 0.577 bits per heavy atom. The normalized spacial score (nSPS) is 9.96. The Hall–Kier alpha value is -0.530. The van der Waals surface area contributed by atoms with Crippen LogP contribution in [0, 0.1) is 0 Å². The van der Waals surface area contributed by atoms with E-state index < -0.39 is 0 Å². The minimum absolute atomic E-state index is 0. The van der Waals surface area contributed by atoms with Crippen molar-refractivity contribution in [2.45, 2.75) is 110 Å². The van der Waals surface area contributed by atoms with E-state index in [0.717, 1.165) is 13.0 Å². The molecule has 0 heterocycles. The molecule has 1 rings (SSSR count). The van der Waals surface area contributed by atoms with E-state index in [9.17, 15) is 0 Å². The maximum Gasteiger partial charge on any atom is -0.00773 e. The van der Waals surface area contributed by atoms with Crippen LogP contribution >= 0.6 is 12.4 Å². The van der Waals surface area contributed by atoms with Crippen molar-refractivity contribution < 1.29 is 0 Å². The average Bonchev–Trinajstić information content (AvgIpc) is 2.67. The molecule has 0 aliphatic heterocycles. The van der Waals surface area contributed by atoms with E-state index in [4.69, 9.17) is 5.73 Å². The summed E-state index contributed by atoms with van der Waals surface area (Å²) in [4.78, 5) is 0. The number of unbranched alkanes of at least 4 members (excludes halogenated alkanes) is 13. The quantitative estimate of drug-likeness (QED) is 0.304. The Morgan fingerprint density at radius 2 is 0.962 bits per heavy atom. The van der Waals surface area contributed by atoms with Crippen LogP contribution in [0.5, 0.6) is 0 Å². The van der Waals surface area contributed by atoms with Crippen LogP contribution in [0.15, 0.2) is 30.3 Å². The first-order chi connectivity index (χ1) is 12.3. The molecule has 1 aromatic rings. The minimum Gasteiger partial charge on any atom is -0.330 e. The van der Waals surface area contributed by atoms with Gasteiger partial charge in [-0.05, 0) is 24.9 Å². The molecule has 0 spiro atoms. The highest BCUT2D eigenvalue weighted by Crippen LogP contribution is 2.12. The second kappa shape index (κ2) is 24.5. The summed E-state index contributed by atoms with van der Waals surface area (Å²) in [6.07, 6.45) is 21.0. The van der Waals surface area contributed by atoms with E-state index >= 15 is 0 Å². The van der Waals surface area contributed by atoms with Crippen molar-refractivity contribution in [1.29, 1.82) is 0 Å². The third-order valence-corrected chi connectivity index (χ3v) is 4.81. The fourth-order valence-electron chi connectivity index (χ4n) is 3.05. The first-order valence-electron chi connectivity index (χ1n) is 11.1. The van der Waals surface area contributed by atoms with E-state index in [-0.39, 0.29) is 12.4 Å². The zero-order valence-electron chi connectivity index (χ0n) is 17.7. The third-order valence-electron chi connectivity index (χ3n) is 4.81. The molecule has 0 atom stereocenters. The molecule has 0 saturated carbocycles. The summed E-state index contributed by atoms with van der Waals surface area (Å²) in [5, 5.41) is 0. The van der Waals surface area contributed by atoms with Crippen LogP contribution in [0.3, 0.4) is 0 Å². The summed E-state index contributed by atoms with van der Waals surface area (Å²) in [5.74, 6) is 0. The highest BCUT2D eigenvalue weighted by Gasteiger charge is 1.93. The number of hydrogen-bond acceptors (Lipinski definition) is 1. The van der Waals surface area contributed by atoms with Crippen LogP contribution < -0.4 is 5.73 Å². The molecule has 1 nitrogen and oxygen atoms in total. The average molecular weight is 384 g/mol. The van der Waals surface area contributed by atoms with Gasteiger partial charge in [0.05, 0.1) is 0 Å². The summed E-state index contributed by atoms with van der Waals surface area (Å²) in [7, 11) is 0. The van der Waals surface area contributed by atoms with E-state index in [0.29, 0.717) is 0 Å². The van der Waals surface area contributed by atoms with Crippen molar-refractivity contribution >= 4 is 12.4 Å². The summed E-state index contributed by atoms with van der Waals surface area (Å²) >= 11 is 0. The van der Waals surface area contributed by atoms with Gasteiger partial charge in [0.15, 0.2) is 0 Å². The number of nitrogens with two attached hydrogens (primary N) is 1. The highest BCUT2D eigenvalue weighted by atomic mass is 35.5. The lowest BCUT2D eigenvalue weighted by atomic mass is 10.0. The molecule has 1 aromatic carbocycles. The first kappa shape index (κ1) is 27.7. The highest BCUT2D eigenvalue weighted by molar-refractivity contribution is 5.85. The molecule has 154 valence electrons. The van der Waals surface area contributed by atoms with E-state index in [2.05, 4.69) is 38.1 Å². The number of aryl methyl sites for hydroxylation is 1. The molecule has 0 saturated heterocycles. The second-order valence-electron chi connectivity index (χ2n) is 7.22. The molecular weight excluding hydrogens is 338 g/mol. The number of benzene rings is 1. The van der Waals surface area contributed by atoms with Crippen molar-refractivity contribution in [1.82, 2.24) is 0 Å². The monoisotopic (exact) mass is 383 g/mol. The van der Waals surface area contributed by atoms with Gasteiger partial charge in [-0.1, -0.05) is 128 Å². The van der Waals surface area contributed by atoms with Gasteiger partial charge in [-0.15, -0.1) is 12.4 Å². The van der Waals surface area contributed by atoms with Gasteiger partial charge in [0, 0.05) is 0 Å². The van der Waals surface area contributed by atoms with Crippen molar-refractivity contribution in [2.75, 3.05) is 6.54 Å². The number of halogens is 1. The zero-order chi connectivity index (χ0) is 18.4. The van der Waals surface area contributed by atoms with Crippen LogP contribution in [0.25, 0.3) is 0 Å². The molecule has 0 aromatic heterocycles. The Balaban J connectivity index is 0. The van der Waals surface area contributed by atoms with Crippen LogP contribution in [-0.4, -0.2) is 6.54 Å². The van der Waals surface area contributed by atoms with Crippen molar-refractivity contribution in [2.24, 2.45) is 5.73 Å². The van der Waals surface area contributed by atoms with E-state index in [1.165, 1.54) is 95.5 Å². The topological polar surface area (TPSA) is 26.0 Å². The van der Waals surface area contributed by atoms with Gasteiger partial charge >= 0.3 is 0 Å². The number of hydrogen-bond donors (Lipinski definition) is 1. The largest absolute Gasteiger partial charge is 0.330 e. The summed E-state index contributed by atoms with van der Waals surface area (Å²) < 4.78 is 0. The van der Waals surface area contributed by atoms with Crippen molar-refractivity contribution in [3.05, 3.63) is 35.9 Å². The van der Waals surface area contributed by atoms with E-state index in [1.807, 2.05) is 6.07 Å². The van der Waals surface area contributed by atoms with Crippen LogP contribution in [-0.2, 0) is 6.42 Å². The van der Waals surface area contributed by atoms with Crippen LogP contribution in [0.4, 0.5) is 0 Å². The lowest BCUT2D eigenvalue weighted by Crippen LogP contribution is -1.97. The molecule has 2 N–H and O–H groups in total. The maximum atomic E-state index is 5.47. The molecule has 0 unspecified atom stereocenters. The Morgan fingerprint density at radius 3 is 1.27 bits per heavy atom. The molecule has 0 fully saturated rings. The SMILES string of the molecule is CCCCCCCCCCCCCCCCN.CCc1ccccc1.Cl. The molecule has 2 heteroatoms. The Labute approximate surface area is 170 Å². The van der Waals surface area contributed by atoms with Gasteiger partial charge in [0.1, 0.15) is 0 Å². The Kier molecular flexibility index (Phi) is 26.1. The summed E-state index contributed by atoms with van der Waals surface area (Å²) in [6.45, 7) is 5.32. The van der Waals surface area contributed by atoms with Gasteiger partial charge in [-0.3, -0.25) is 0 Å². The molecule has 0 aliphatic carbocycles. The minimum atomic E-state index is 0. The molecule has 26 heavy (non-hydrogen) atoms. The van der Waals surface area contributed by atoms with Gasteiger partial charge in [-0.25, -0.2) is 0 Å². The predicted octanol–water partition coefficient (Wildman–Crippen LogP) is 8.10. The Bertz CT molecular complexity index is 325. The molecule has 0 radical (unpaired) electrons.